The zero-order valence-corrected chi connectivity index (χ0v) is 12.9. The summed E-state index contributed by atoms with van der Waals surface area (Å²) >= 11 is 1.17. The van der Waals surface area contributed by atoms with E-state index in [1.54, 1.807) is 0 Å². The van der Waals surface area contributed by atoms with Crippen LogP contribution in [-0.2, 0) is 4.79 Å². The molecule has 0 radical (unpaired) electrons. The topological polar surface area (TPSA) is 71.2 Å². The number of aromatic nitrogens is 3. The number of anilines is 1. The molecule has 0 saturated carbocycles. The maximum atomic E-state index is 10.8. The quantitative estimate of drug-likeness (QED) is 0.791. The zero-order valence-electron chi connectivity index (χ0n) is 12.1. The molecular formula is C14H18N4O2S. The van der Waals surface area contributed by atoms with Crippen molar-refractivity contribution in [1.29, 1.82) is 0 Å². The van der Waals surface area contributed by atoms with Crippen molar-refractivity contribution in [1.82, 2.24) is 14.8 Å². The van der Waals surface area contributed by atoms with E-state index in [1.165, 1.54) is 11.8 Å². The Labute approximate surface area is 127 Å². The highest BCUT2D eigenvalue weighted by molar-refractivity contribution is 7.99. The minimum atomic E-state index is -0.869. The third kappa shape index (κ3) is 3.55. The second-order valence-corrected chi connectivity index (χ2v) is 5.25. The smallest absolute Gasteiger partial charge is 0.313 e. The fourth-order valence-electron chi connectivity index (χ4n) is 2.00. The van der Waals surface area contributed by atoms with Crippen molar-refractivity contribution in [2.45, 2.75) is 19.0 Å². The number of hydrogen-bond donors (Lipinski definition) is 1. The Morgan fingerprint density at radius 2 is 1.90 bits per heavy atom. The van der Waals surface area contributed by atoms with Crippen LogP contribution in [0.15, 0.2) is 35.5 Å². The molecule has 2 aromatic rings. The van der Waals surface area contributed by atoms with Crippen LogP contribution in [-0.4, -0.2) is 44.7 Å². The Balaban J connectivity index is 2.45. The minimum absolute atomic E-state index is 0.0385. The summed E-state index contributed by atoms with van der Waals surface area (Å²) in [5.41, 5.74) is 0.928. The Morgan fingerprint density at radius 1 is 1.24 bits per heavy atom. The standard InChI is InChI=1S/C14H18N4O2S/c1-3-17(4-2)13-15-16-14(21-10-12(19)20)18(13)11-8-6-5-7-9-11/h5-9H,3-4,10H2,1-2H3,(H,19,20). The first-order chi connectivity index (χ1) is 10.2. The summed E-state index contributed by atoms with van der Waals surface area (Å²) in [5, 5.41) is 17.8. The number of thioether (sulfide) groups is 1. The average molecular weight is 306 g/mol. The van der Waals surface area contributed by atoms with Gasteiger partial charge in [-0.1, -0.05) is 30.0 Å². The summed E-state index contributed by atoms with van der Waals surface area (Å²) in [6.45, 7) is 5.73. The molecule has 1 aromatic carbocycles. The van der Waals surface area contributed by atoms with Crippen LogP contribution in [0.25, 0.3) is 5.69 Å². The number of hydrogen-bond acceptors (Lipinski definition) is 5. The second kappa shape index (κ2) is 7.12. The predicted molar refractivity (Wildman–Crippen MR) is 83.3 cm³/mol. The number of rotatable bonds is 7. The average Bonchev–Trinajstić information content (AvgIpc) is 2.91. The lowest BCUT2D eigenvalue weighted by atomic mass is 10.3. The van der Waals surface area contributed by atoms with Gasteiger partial charge in [-0.25, -0.2) is 0 Å². The largest absolute Gasteiger partial charge is 0.481 e. The highest BCUT2D eigenvalue weighted by Gasteiger charge is 2.18. The lowest BCUT2D eigenvalue weighted by molar-refractivity contribution is -0.133. The summed E-state index contributed by atoms with van der Waals surface area (Å²) in [6, 6.07) is 9.73. The van der Waals surface area contributed by atoms with Gasteiger partial charge in [0.05, 0.1) is 11.4 Å². The van der Waals surface area contributed by atoms with E-state index in [9.17, 15) is 4.79 Å². The van der Waals surface area contributed by atoms with Crippen LogP contribution in [0.2, 0.25) is 0 Å². The van der Waals surface area contributed by atoms with E-state index < -0.39 is 5.97 Å². The van der Waals surface area contributed by atoms with Gasteiger partial charge in [0.1, 0.15) is 0 Å². The molecule has 1 heterocycles. The van der Waals surface area contributed by atoms with Crippen molar-refractivity contribution < 1.29 is 9.90 Å². The molecular weight excluding hydrogens is 288 g/mol. The number of benzene rings is 1. The Bertz CT molecular complexity index is 596. The van der Waals surface area contributed by atoms with Crippen molar-refractivity contribution >= 4 is 23.7 Å². The van der Waals surface area contributed by atoms with Crippen molar-refractivity contribution in [2.24, 2.45) is 0 Å². The van der Waals surface area contributed by atoms with Gasteiger partial charge in [0.25, 0.3) is 0 Å². The van der Waals surface area contributed by atoms with Crippen LogP contribution in [0.3, 0.4) is 0 Å². The Kier molecular flexibility index (Phi) is 5.21. The molecule has 112 valence electrons. The molecule has 0 aliphatic rings. The Morgan fingerprint density at radius 3 is 2.48 bits per heavy atom. The molecule has 0 amide bonds. The molecule has 0 spiro atoms. The number of aliphatic carboxylic acids is 1. The lowest BCUT2D eigenvalue weighted by Gasteiger charge is -2.20. The minimum Gasteiger partial charge on any atom is -0.481 e. The first kappa shape index (κ1) is 15.4. The van der Waals surface area contributed by atoms with E-state index in [0.717, 1.165) is 24.7 Å². The number of carboxylic acids is 1. The highest BCUT2D eigenvalue weighted by atomic mass is 32.2. The number of para-hydroxylation sites is 1. The summed E-state index contributed by atoms with van der Waals surface area (Å²) in [6.07, 6.45) is 0. The van der Waals surface area contributed by atoms with Crippen molar-refractivity contribution in [2.75, 3.05) is 23.7 Å². The molecule has 0 bridgehead atoms. The van der Waals surface area contributed by atoms with Crippen LogP contribution < -0.4 is 4.90 Å². The van der Waals surface area contributed by atoms with Crippen LogP contribution >= 0.6 is 11.8 Å². The van der Waals surface area contributed by atoms with E-state index >= 15 is 0 Å². The summed E-state index contributed by atoms with van der Waals surface area (Å²) in [7, 11) is 0. The van der Waals surface area contributed by atoms with Gasteiger partial charge in [-0.3, -0.25) is 9.36 Å². The lowest BCUT2D eigenvalue weighted by Crippen LogP contribution is -2.25. The molecule has 6 nitrogen and oxygen atoms in total. The molecule has 0 atom stereocenters. The molecule has 0 unspecified atom stereocenters. The van der Waals surface area contributed by atoms with Gasteiger partial charge < -0.3 is 10.0 Å². The SMILES string of the molecule is CCN(CC)c1nnc(SCC(=O)O)n1-c1ccccc1. The molecule has 1 N–H and O–H groups in total. The molecule has 7 heteroatoms. The van der Waals surface area contributed by atoms with Gasteiger partial charge in [-0.2, -0.15) is 0 Å². The maximum absolute atomic E-state index is 10.8. The molecule has 21 heavy (non-hydrogen) atoms. The molecule has 0 aliphatic heterocycles. The van der Waals surface area contributed by atoms with Gasteiger partial charge in [-0.15, -0.1) is 10.2 Å². The first-order valence-corrected chi connectivity index (χ1v) is 7.76. The predicted octanol–water partition coefficient (Wildman–Crippen LogP) is 2.29. The molecule has 1 aromatic heterocycles. The monoisotopic (exact) mass is 306 g/mol. The van der Waals surface area contributed by atoms with Crippen molar-refractivity contribution in [3.8, 4) is 5.69 Å². The van der Waals surface area contributed by atoms with Crippen LogP contribution in [0.1, 0.15) is 13.8 Å². The van der Waals surface area contributed by atoms with Crippen LogP contribution in [0.5, 0.6) is 0 Å². The second-order valence-electron chi connectivity index (χ2n) is 4.31. The number of carbonyl (C=O) groups is 1. The van der Waals surface area contributed by atoms with Crippen molar-refractivity contribution in [3.63, 3.8) is 0 Å². The Hall–Kier alpha value is -2.02. The first-order valence-electron chi connectivity index (χ1n) is 6.77. The molecule has 0 fully saturated rings. The zero-order chi connectivity index (χ0) is 15.2. The van der Waals surface area contributed by atoms with Gasteiger partial charge in [0.15, 0.2) is 5.16 Å². The fraction of sp³-hybridized carbons (Fsp3) is 0.357. The number of carboxylic acid groups (broad SMARTS) is 1. The molecule has 0 aliphatic carbocycles. The van der Waals surface area contributed by atoms with Crippen LogP contribution in [0.4, 0.5) is 5.95 Å². The van der Waals surface area contributed by atoms with E-state index in [0.29, 0.717) is 5.16 Å². The number of nitrogens with zero attached hydrogens (tertiary/aromatic N) is 4. The highest BCUT2D eigenvalue weighted by Crippen LogP contribution is 2.26. The van der Waals surface area contributed by atoms with E-state index in [2.05, 4.69) is 28.9 Å². The van der Waals surface area contributed by atoms with Gasteiger partial charge in [-0.05, 0) is 26.0 Å². The maximum Gasteiger partial charge on any atom is 0.313 e. The van der Waals surface area contributed by atoms with Gasteiger partial charge >= 0.3 is 5.97 Å². The van der Waals surface area contributed by atoms with Gasteiger partial charge in [0, 0.05) is 13.1 Å². The van der Waals surface area contributed by atoms with E-state index in [1.807, 2.05) is 34.9 Å². The van der Waals surface area contributed by atoms with E-state index in [-0.39, 0.29) is 5.75 Å². The third-order valence-corrected chi connectivity index (χ3v) is 3.92. The van der Waals surface area contributed by atoms with Gasteiger partial charge in [0.2, 0.25) is 5.95 Å². The van der Waals surface area contributed by atoms with Crippen LogP contribution in [0, 0.1) is 0 Å². The summed E-state index contributed by atoms with van der Waals surface area (Å²) in [5.74, 6) is -0.172. The molecule has 2 rings (SSSR count). The fourth-order valence-corrected chi connectivity index (χ4v) is 2.66. The summed E-state index contributed by atoms with van der Waals surface area (Å²) in [4.78, 5) is 12.9. The van der Waals surface area contributed by atoms with Crippen molar-refractivity contribution in [3.05, 3.63) is 30.3 Å². The molecule has 0 saturated heterocycles. The third-order valence-electron chi connectivity index (χ3n) is 3.00. The van der Waals surface area contributed by atoms with E-state index in [4.69, 9.17) is 5.11 Å². The normalized spacial score (nSPS) is 10.6. The summed E-state index contributed by atoms with van der Waals surface area (Å²) < 4.78 is 1.90.